The first-order valence-corrected chi connectivity index (χ1v) is 28.5. The molecule has 3 aromatic heterocycles. The fraction of sp³-hybridized carbons (Fsp3) is 0.241. The number of esters is 2. The smallest absolute Gasteiger partial charge is 0.355 e. The molecule has 2 aliphatic rings. The lowest BCUT2D eigenvalue weighted by molar-refractivity contribution is -0.191. The predicted molar refractivity (Wildman–Crippen MR) is 302 cm³/mol. The van der Waals surface area contributed by atoms with Crippen molar-refractivity contribution in [3.05, 3.63) is 160 Å². The standard InChI is InChI=1S/C54H54N12O12S3/c1-4-54(40-23-44-47-32(19-30-9-5-6-14-41(30)61-47)26-66(44)49(70)39(40)27-77-51(54)72)78-50(71)46(29(2)3)63-48(69)43(22-36-25-57-28-58-36)62-53(79)60-33-15-17-37(18-16-33)80(73,74)65-42(24-45(67)68)31-10-7-12-35(20-31)64-81(75,76)38-13-8-11-34(21-38)59-52(55)56/h5-21,23,25,28-29,42-43,46,64-65H,4,22,24,26-27H2,1-3H3,(H,57,58)(H,63,69)(H,67,68)(H4,55,56,59)(H2,60,62,79)/t42?,43-,46+,54-/m0/s1. The summed E-state index contributed by atoms with van der Waals surface area (Å²) in [7, 11) is -8.68. The van der Waals surface area contributed by atoms with Gasteiger partial charge in [-0.15, -0.1) is 0 Å². The van der Waals surface area contributed by atoms with Crippen LogP contribution in [0, 0.1) is 5.92 Å². The van der Waals surface area contributed by atoms with Crippen LogP contribution in [0.3, 0.4) is 0 Å². The van der Waals surface area contributed by atoms with Crippen molar-refractivity contribution in [2.75, 3.05) is 10.0 Å². The lowest BCUT2D eigenvalue weighted by atomic mass is 9.85. The number of rotatable bonds is 20. The molecule has 5 heterocycles. The third-order valence-corrected chi connectivity index (χ3v) is 16.6. The third kappa shape index (κ3) is 12.2. The van der Waals surface area contributed by atoms with Crippen molar-refractivity contribution in [1.29, 1.82) is 0 Å². The Hall–Kier alpha value is -9.05. The van der Waals surface area contributed by atoms with E-state index in [1.807, 2.05) is 30.3 Å². The number of amides is 1. The fourth-order valence-electron chi connectivity index (χ4n) is 9.50. The van der Waals surface area contributed by atoms with Crippen LogP contribution in [-0.4, -0.2) is 88.4 Å². The van der Waals surface area contributed by atoms with Gasteiger partial charge in [0, 0.05) is 46.2 Å². The molecule has 0 saturated carbocycles. The normalized spacial score (nSPS) is 15.7. The summed E-state index contributed by atoms with van der Waals surface area (Å²) in [6.07, 6.45) is 2.03. The second-order valence-corrected chi connectivity index (χ2v) is 23.2. The van der Waals surface area contributed by atoms with Gasteiger partial charge in [-0.05, 0) is 103 Å². The van der Waals surface area contributed by atoms with Gasteiger partial charge in [-0.25, -0.2) is 46.1 Å². The number of benzene rings is 4. The maximum absolute atomic E-state index is 14.5. The number of nitrogens with one attached hydrogen (secondary N) is 6. The first-order chi connectivity index (χ1) is 38.5. The van der Waals surface area contributed by atoms with Gasteiger partial charge in [-0.1, -0.05) is 57.2 Å². The number of ether oxygens (including phenoxy) is 2. The zero-order chi connectivity index (χ0) is 58.0. The zero-order valence-corrected chi connectivity index (χ0v) is 45.9. The topological polar surface area (TPSA) is 363 Å². The number of sulfonamides is 2. The summed E-state index contributed by atoms with van der Waals surface area (Å²) < 4.78 is 72.4. The number of guanidine groups is 1. The lowest BCUT2D eigenvalue weighted by Crippen LogP contribution is -2.56. The van der Waals surface area contributed by atoms with E-state index in [-0.39, 0.29) is 80.6 Å². The van der Waals surface area contributed by atoms with Crippen molar-refractivity contribution in [3.63, 3.8) is 0 Å². The van der Waals surface area contributed by atoms with Crippen molar-refractivity contribution in [1.82, 2.24) is 34.9 Å². The third-order valence-electron chi connectivity index (χ3n) is 13.5. The van der Waals surface area contributed by atoms with Gasteiger partial charge in [0.25, 0.3) is 15.6 Å². The minimum atomic E-state index is -4.45. The Labute approximate surface area is 468 Å². The number of aliphatic imine (C=N–C) groups is 1. The maximum atomic E-state index is 14.5. The number of para-hydroxylation sites is 1. The van der Waals surface area contributed by atoms with Crippen LogP contribution in [0.5, 0.6) is 0 Å². The van der Waals surface area contributed by atoms with Crippen LogP contribution >= 0.6 is 12.2 Å². The molecule has 420 valence electrons. The molecule has 1 amide bonds. The number of aliphatic carboxylic acids is 1. The molecular formula is C54H54N12O12S3. The predicted octanol–water partition coefficient (Wildman–Crippen LogP) is 4.29. The summed E-state index contributed by atoms with van der Waals surface area (Å²) >= 11 is 5.63. The Balaban J connectivity index is 0.885. The van der Waals surface area contributed by atoms with Crippen LogP contribution in [0.2, 0.25) is 0 Å². The molecule has 4 atom stereocenters. The average Bonchev–Trinajstić information content (AvgIpc) is 3.22. The van der Waals surface area contributed by atoms with Crippen LogP contribution in [0.15, 0.2) is 141 Å². The number of fused-ring (bicyclic) bond motifs is 5. The van der Waals surface area contributed by atoms with Gasteiger partial charge in [0.2, 0.25) is 21.5 Å². The van der Waals surface area contributed by atoms with Crippen LogP contribution in [0.25, 0.3) is 22.3 Å². The number of hydrogen-bond donors (Lipinski definition) is 9. The summed E-state index contributed by atoms with van der Waals surface area (Å²) in [6, 6.07) is 23.5. The van der Waals surface area contributed by atoms with Crippen molar-refractivity contribution in [2.24, 2.45) is 22.4 Å². The molecule has 0 saturated heterocycles. The molecule has 9 rings (SSSR count). The molecule has 0 radical (unpaired) electrons. The highest BCUT2D eigenvalue weighted by Crippen LogP contribution is 2.41. The summed E-state index contributed by atoms with van der Waals surface area (Å²) in [5.41, 5.74) is 12.3. The Morgan fingerprint density at radius 3 is 2.37 bits per heavy atom. The van der Waals surface area contributed by atoms with E-state index in [4.69, 9.17) is 38.1 Å². The van der Waals surface area contributed by atoms with Crippen LogP contribution in [0.1, 0.15) is 67.6 Å². The molecular weight excluding hydrogens is 1100 g/mol. The maximum Gasteiger partial charge on any atom is 0.355 e. The highest BCUT2D eigenvalue weighted by molar-refractivity contribution is 7.92. The van der Waals surface area contributed by atoms with Crippen molar-refractivity contribution < 1.29 is 50.6 Å². The number of carboxylic acids is 1. The molecule has 0 bridgehead atoms. The quantitative estimate of drug-likeness (QED) is 0.0222. The lowest BCUT2D eigenvalue weighted by Gasteiger charge is -2.37. The van der Waals surface area contributed by atoms with Gasteiger partial charge in [0.05, 0.1) is 63.3 Å². The molecule has 81 heavy (non-hydrogen) atoms. The monoisotopic (exact) mass is 1160 g/mol. The number of anilines is 2. The number of hydrogen-bond acceptors (Lipinski definition) is 15. The summed E-state index contributed by atoms with van der Waals surface area (Å²) in [4.78, 5) is 84.2. The number of cyclic esters (lactones) is 1. The SMILES string of the molecule is CC[C@@]1(OC(=O)[C@H](NC(=O)[C@H](Cc2cnc[nH]2)NC(=S)Nc2ccc(S(=O)(=O)NC(CC(=O)O)c3cccc(NS(=O)(=O)c4cccc(N=C(N)N)c4)c3)cc2)C(C)C)C(=O)OCc2c1cc1n(c2=O)Cc2cc3ccccc3nc2-1. The van der Waals surface area contributed by atoms with E-state index in [2.05, 4.69) is 40.4 Å². The number of H-pyrrole nitrogens is 1. The van der Waals surface area contributed by atoms with Gasteiger partial charge >= 0.3 is 17.9 Å². The molecule has 7 aromatic rings. The number of aromatic nitrogens is 4. The minimum Gasteiger partial charge on any atom is -0.481 e. The van der Waals surface area contributed by atoms with E-state index < -0.39 is 85.5 Å². The Bertz CT molecular complexity index is 3960. The van der Waals surface area contributed by atoms with E-state index in [0.717, 1.165) is 10.9 Å². The van der Waals surface area contributed by atoms with Crippen molar-refractivity contribution >= 4 is 95.1 Å². The Kier molecular flexibility index (Phi) is 16.1. The van der Waals surface area contributed by atoms with Gasteiger partial charge in [0.1, 0.15) is 18.7 Å². The van der Waals surface area contributed by atoms with E-state index in [0.29, 0.717) is 22.6 Å². The van der Waals surface area contributed by atoms with E-state index >= 15 is 0 Å². The molecule has 11 N–H and O–H groups in total. The van der Waals surface area contributed by atoms with E-state index in [9.17, 15) is 45.9 Å². The largest absolute Gasteiger partial charge is 0.481 e. The number of nitrogens with zero attached hydrogens (tertiary/aromatic N) is 4. The highest BCUT2D eigenvalue weighted by Gasteiger charge is 2.51. The Morgan fingerprint density at radius 2 is 1.67 bits per heavy atom. The molecule has 27 heteroatoms. The molecule has 24 nitrogen and oxygen atoms in total. The number of carbonyl (C=O) groups is 4. The van der Waals surface area contributed by atoms with E-state index in [1.54, 1.807) is 31.4 Å². The van der Waals surface area contributed by atoms with Gasteiger partial charge in [0.15, 0.2) is 11.1 Å². The minimum absolute atomic E-state index is 0.00195. The summed E-state index contributed by atoms with van der Waals surface area (Å²) in [5, 5.41) is 19.2. The zero-order valence-electron chi connectivity index (χ0n) is 43.5. The van der Waals surface area contributed by atoms with Crippen molar-refractivity contribution in [3.8, 4) is 11.4 Å². The summed E-state index contributed by atoms with van der Waals surface area (Å²) in [5.74, 6) is -4.82. The van der Waals surface area contributed by atoms with Crippen molar-refractivity contribution in [2.45, 2.75) is 86.7 Å². The second-order valence-electron chi connectivity index (χ2n) is 19.4. The molecule has 0 aliphatic carbocycles. The number of aromatic amines is 1. The number of nitrogens with two attached hydrogens (primary N) is 2. The first-order valence-electron chi connectivity index (χ1n) is 25.1. The molecule has 2 aliphatic heterocycles. The first kappa shape index (κ1) is 56.7. The van der Waals surface area contributed by atoms with Crippen LogP contribution < -0.4 is 42.4 Å². The average molecular weight is 1160 g/mol. The number of carbonyl (C=O) groups excluding carboxylic acids is 3. The number of thiocarbonyl (C=S) groups is 1. The molecule has 1 unspecified atom stereocenters. The van der Waals surface area contributed by atoms with Gasteiger partial charge < -0.3 is 51.5 Å². The van der Waals surface area contributed by atoms with Crippen LogP contribution in [-0.2, 0) is 73.9 Å². The Morgan fingerprint density at radius 1 is 0.914 bits per heavy atom. The second kappa shape index (κ2) is 23.0. The summed E-state index contributed by atoms with van der Waals surface area (Å²) in [6.45, 7) is 4.86. The number of carboxylic acid groups (broad SMARTS) is 1. The highest BCUT2D eigenvalue weighted by atomic mass is 32.2. The molecule has 0 fully saturated rings. The van der Waals surface area contributed by atoms with Gasteiger partial charge in [-0.2, -0.15) is 0 Å². The van der Waals surface area contributed by atoms with Crippen LogP contribution in [0.4, 0.5) is 17.1 Å². The number of imidazole rings is 1. The van der Waals surface area contributed by atoms with E-state index in [1.165, 1.54) is 85.3 Å². The molecule has 0 spiro atoms. The number of pyridine rings is 2. The molecule has 4 aromatic carbocycles. The van der Waals surface area contributed by atoms with Gasteiger partial charge in [-0.3, -0.25) is 19.1 Å². The fourth-order valence-corrected chi connectivity index (χ4v) is 12.1.